The van der Waals surface area contributed by atoms with E-state index in [0.717, 1.165) is 36.6 Å². The molecule has 1 aromatic heterocycles. The lowest BCUT2D eigenvalue weighted by atomic mass is 10.0. The van der Waals surface area contributed by atoms with Crippen molar-refractivity contribution in [3.8, 4) is 0 Å². The zero-order valence-electron chi connectivity index (χ0n) is 14.5. The third-order valence-electron chi connectivity index (χ3n) is 4.59. The van der Waals surface area contributed by atoms with E-state index in [9.17, 15) is 9.90 Å². The second-order valence-electron chi connectivity index (χ2n) is 6.43. The van der Waals surface area contributed by atoms with E-state index in [4.69, 9.17) is 11.1 Å². The molecule has 1 fully saturated rings. The molecule has 1 saturated carbocycles. The predicted molar refractivity (Wildman–Crippen MR) is 103 cm³/mol. The first-order valence-corrected chi connectivity index (χ1v) is 8.69. The highest BCUT2D eigenvalue weighted by Crippen LogP contribution is 2.23. The van der Waals surface area contributed by atoms with Crippen LogP contribution in [0, 0.1) is 5.41 Å². The summed E-state index contributed by atoms with van der Waals surface area (Å²) in [6, 6.07) is 7.35. The number of rotatable bonds is 5. The number of urea groups is 1. The van der Waals surface area contributed by atoms with Crippen LogP contribution in [0.1, 0.15) is 31.2 Å². The normalized spacial score (nSPS) is 15.2. The molecule has 0 aliphatic heterocycles. The summed E-state index contributed by atoms with van der Waals surface area (Å²) in [5.74, 6) is 0. The molecule has 1 aliphatic rings. The lowest BCUT2D eigenvalue weighted by Crippen LogP contribution is -2.36. The molecule has 0 bridgehead atoms. The number of aromatic nitrogens is 1. The molecule has 0 atom stereocenters. The molecule has 136 valence electrons. The zero-order chi connectivity index (χ0) is 18.5. The van der Waals surface area contributed by atoms with E-state index < -0.39 is 6.61 Å². The second kappa shape index (κ2) is 7.97. The number of hydrogen-bond donors (Lipinski definition) is 5. The smallest absolute Gasteiger partial charge is 0.319 e. The summed E-state index contributed by atoms with van der Waals surface area (Å²) in [5.41, 5.74) is 8.13. The van der Waals surface area contributed by atoms with Gasteiger partial charge in [0, 0.05) is 40.6 Å². The molecule has 2 aromatic rings. The minimum atomic E-state index is -0.399. The van der Waals surface area contributed by atoms with Gasteiger partial charge in [0.25, 0.3) is 0 Å². The van der Waals surface area contributed by atoms with E-state index in [0.29, 0.717) is 16.8 Å². The van der Waals surface area contributed by atoms with Gasteiger partial charge in [0.05, 0.1) is 17.8 Å². The molecule has 7 heteroatoms. The molecule has 3 rings (SSSR count). The van der Waals surface area contributed by atoms with Crippen molar-refractivity contribution in [3.63, 3.8) is 0 Å². The first kappa shape index (κ1) is 17.9. The number of hydrogen-bond acceptors (Lipinski definition) is 5. The van der Waals surface area contributed by atoms with Crippen molar-refractivity contribution >= 4 is 33.9 Å². The maximum absolute atomic E-state index is 12.1. The van der Waals surface area contributed by atoms with Crippen LogP contribution in [0.5, 0.6) is 0 Å². The Hall–Kier alpha value is -2.93. The molecular weight excluding hydrogens is 330 g/mol. The van der Waals surface area contributed by atoms with Gasteiger partial charge in [0.1, 0.15) is 0 Å². The number of fused-ring (bicyclic) bond motifs is 1. The monoisotopic (exact) mass is 353 g/mol. The number of nitrogens with zero attached hydrogens (tertiary/aromatic N) is 1. The Bertz CT molecular complexity index is 856. The Morgan fingerprint density at radius 2 is 2.12 bits per heavy atom. The fourth-order valence-corrected chi connectivity index (χ4v) is 3.24. The van der Waals surface area contributed by atoms with Gasteiger partial charge in [0.2, 0.25) is 0 Å². The Labute approximate surface area is 151 Å². The van der Waals surface area contributed by atoms with Gasteiger partial charge in [-0.05, 0) is 37.1 Å². The minimum Gasteiger partial charge on any atom is -0.404 e. The number of amides is 2. The van der Waals surface area contributed by atoms with Gasteiger partial charge in [-0.3, -0.25) is 4.98 Å². The number of anilines is 1. The molecule has 6 N–H and O–H groups in total. The maximum Gasteiger partial charge on any atom is 0.319 e. The molecule has 26 heavy (non-hydrogen) atoms. The van der Waals surface area contributed by atoms with E-state index in [1.54, 1.807) is 12.3 Å². The van der Waals surface area contributed by atoms with Crippen molar-refractivity contribution in [2.75, 3.05) is 11.9 Å². The summed E-state index contributed by atoms with van der Waals surface area (Å²) in [6.07, 6.45) is 7.29. The van der Waals surface area contributed by atoms with E-state index >= 15 is 0 Å². The fourth-order valence-electron chi connectivity index (χ4n) is 3.24. The molecule has 1 heterocycles. The van der Waals surface area contributed by atoms with Gasteiger partial charge in [-0.2, -0.15) is 0 Å². The molecule has 7 nitrogen and oxygen atoms in total. The molecule has 0 radical (unpaired) electrons. The van der Waals surface area contributed by atoms with Crippen LogP contribution < -0.4 is 16.4 Å². The van der Waals surface area contributed by atoms with E-state index in [-0.39, 0.29) is 17.8 Å². The molecule has 1 aliphatic carbocycles. The van der Waals surface area contributed by atoms with Gasteiger partial charge in [-0.1, -0.05) is 12.8 Å². The third-order valence-corrected chi connectivity index (χ3v) is 4.59. The highest BCUT2D eigenvalue weighted by Gasteiger charge is 2.17. The molecule has 1 aromatic carbocycles. The Morgan fingerprint density at radius 1 is 1.35 bits per heavy atom. The molecule has 2 amide bonds. The van der Waals surface area contributed by atoms with Crippen LogP contribution in [0.4, 0.5) is 10.5 Å². The molecule has 0 unspecified atom stereocenters. The van der Waals surface area contributed by atoms with Crippen molar-refractivity contribution in [2.24, 2.45) is 5.73 Å². The van der Waals surface area contributed by atoms with Crippen molar-refractivity contribution in [1.29, 1.82) is 5.41 Å². The summed E-state index contributed by atoms with van der Waals surface area (Å²) in [4.78, 5) is 16.5. The van der Waals surface area contributed by atoms with Crippen molar-refractivity contribution in [2.45, 2.75) is 31.7 Å². The topological polar surface area (TPSA) is 124 Å². The number of carbonyl (C=O) groups is 1. The highest BCUT2D eigenvalue weighted by atomic mass is 16.3. The first-order chi connectivity index (χ1) is 12.6. The van der Waals surface area contributed by atoms with Crippen LogP contribution in [0.2, 0.25) is 0 Å². The van der Waals surface area contributed by atoms with Crippen LogP contribution in [0.25, 0.3) is 16.5 Å². The average molecular weight is 353 g/mol. The number of nitrogens with one attached hydrogen (secondary N) is 3. The van der Waals surface area contributed by atoms with Gasteiger partial charge < -0.3 is 26.9 Å². The summed E-state index contributed by atoms with van der Waals surface area (Å²) in [6.45, 7) is -0.399. The lowest BCUT2D eigenvalue weighted by Gasteiger charge is -2.13. The number of benzene rings is 1. The number of aliphatic hydroxyl groups is 1. The summed E-state index contributed by atoms with van der Waals surface area (Å²) in [7, 11) is 0. The lowest BCUT2D eigenvalue weighted by molar-refractivity contribution is 0.248. The van der Waals surface area contributed by atoms with Crippen LogP contribution in [0.3, 0.4) is 0 Å². The second-order valence-corrected chi connectivity index (χ2v) is 6.43. The van der Waals surface area contributed by atoms with Gasteiger partial charge in [0.15, 0.2) is 0 Å². The molecule has 0 spiro atoms. The summed E-state index contributed by atoms with van der Waals surface area (Å²) < 4.78 is 0. The van der Waals surface area contributed by atoms with Gasteiger partial charge in [-0.25, -0.2) is 4.79 Å². The number of nitrogens with two attached hydrogens (primary N) is 1. The van der Waals surface area contributed by atoms with Crippen molar-refractivity contribution < 1.29 is 9.90 Å². The standard InChI is InChI=1S/C19H23N5O2/c20-9-16(17(21)11-25)13-7-12-8-15(5-6-18(12)22-10-13)24-19(26)23-14-3-1-2-4-14/h5-10,14,21,25H,1-4,11,20H2,(H2,23,24,26)/b16-9-,21-17?. The maximum atomic E-state index is 12.1. The molecule has 0 saturated heterocycles. The first-order valence-electron chi connectivity index (χ1n) is 8.69. The Morgan fingerprint density at radius 3 is 2.81 bits per heavy atom. The third kappa shape index (κ3) is 4.00. The SMILES string of the molecule is N=C(CO)/C(=C\N)c1cnc2ccc(NC(=O)NC3CCCC3)cc2c1. The molecular formula is C19H23N5O2. The van der Waals surface area contributed by atoms with Crippen LogP contribution in [-0.4, -0.2) is 34.5 Å². The zero-order valence-corrected chi connectivity index (χ0v) is 14.5. The summed E-state index contributed by atoms with van der Waals surface area (Å²) in [5, 5.41) is 23.6. The van der Waals surface area contributed by atoms with Crippen LogP contribution in [0.15, 0.2) is 36.7 Å². The quantitative estimate of drug-likeness (QED) is 0.530. The van der Waals surface area contributed by atoms with Crippen LogP contribution in [-0.2, 0) is 0 Å². The predicted octanol–water partition coefficient (Wildman–Crippen LogP) is 2.61. The van der Waals surface area contributed by atoms with Gasteiger partial charge >= 0.3 is 6.03 Å². The van der Waals surface area contributed by atoms with Crippen molar-refractivity contribution in [3.05, 3.63) is 42.2 Å². The van der Waals surface area contributed by atoms with E-state index in [1.165, 1.54) is 6.20 Å². The van der Waals surface area contributed by atoms with E-state index in [1.807, 2.05) is 18.2 Å². The van der Waals surface area contributed by atoms with Gasteiger partial charge in [-0.15, -0.1) is 0 Å². The van der Waals surface area contributed by atoms with Crippen LogP contribution >= 0.6 is 0 Å². The average Bonchev–Trinajstić information content (AvgIpc) is 3.14. The fraction of sp³-hybridized carbons (Fsp3) is 0.316. The largest absolute Gasteiger partial charge is 0.404 e. The Balaban J connectivity index is 1.80. The van der Waals surface area contributed by atoms with E-state index in [2.05, 4.69) is 15.6 Å². The van der Waals surface area contributed by atoms with Crippen molar-refractivity contribution in [1.82, 2.24) is 10.3 Å². The number of aliphatic hydroxyl groups excluding tert-OH is 1. The number of pyridine rings is 1. The summed E-state index contributed by atoms with van der Waals surface area (Å²) >= 11 is 0. The minimum absolute atomic E-state index is 0.0267. The highest BCUT2D eigenvalue weighted by molar-refractivity contribution is 6.23. The Kier molecular flexibility index (Phi) is 5.48. The number of carbonyl (C=O) groups excluding carboxylic acids is 1.